The van der Waals surface area contributed by atoms with E-state index in [0.717, 1.165) is 11.1 Å². The van der Waals surface area contributed by atoms with E-state index in [1.165, 1.54) is 0 Å². The lowest BCUT2D eigenvalue weighted by atomic mass is 9.86. The molecule has 26 heavy (non-hydrogen) atoms. The van der Waals surface area contributed by atoms with E-state index < -0.39 is 0 Å². The Labute approximate surface area is 153 Å². The van der Waals surface area contributed by atoms with Crippen LogP contribution < -0.4 is 9.47 Å². The topological polar surface area (TPSA) is 59.3 Å². The number of hydrogen-bond acceptors (Lipinski definition) is 4. The third-order valence-corrected chi connectivity index (χ3v) is 4.26. The highest BCUT2D eigenvalue weighted by atomic mass is 16.6. The Morgan fingerprint density at radius 1 is 1.04 bits per heavy atom. The van der Waals surface area contributed by atoms with Gasteiger partial charge in [-0.2, -0.15) is 5.26 Å². The number of ketones is 1. The molecule has 4 heteroatoms. The summed E-state index contributed by atoms with van der Waals surface area (Å²) in [7, 11) is 0. The molecule has 0 saturated heterocycles. The molecule has 1 heterocycles. The van der Waals surface area contributed by atoms with Crippen molar-refractivity contribution in [3.8, 4) is 17.6 Å². The Balaban J connectivity index is 1.87. The molecule has 0 radical (unpaired) electrons. The lowest BCUT2D eigenvalue weighted by Gasteiger charge is -2.19. The van der Waals surface area contributed by atoms with Crippen LogP contribution in [0.2, 0.25) is 0 Å². The number of rotatable bonds is 3. The van der Waals surface area contributed by atoms with Gasteiger partial charge in [0.05, 0.1) is 0 Å². The Kier molecular flexibility index (Phi) is 4.81. The molecular weight excluding hydrogens is 326 g/mol. The van der Waals surface area contributed by atoms with Crippen molar-refractivity contribution in [3.63, 3.8) is 0 Å². The second-order valence-corrected chi connectivity index (χ2v) is 7.23. The lowest BCUT2D eigenvalue weighted by Crippen LogP contribution is -2.15. The smallest absolute Gasteiger partial charge is 0.203 e. The number of carbonyl (C=O) groups excluding carboxylic acids is 1. The number of nitrogens with zero attached hydrogens (tertiary/aromatic N) is 1. The van der Waals surface area contributed by atoms with Crippen LogP contribution in [-0.2, 0) is 5.41 Å². The minimum atomic E-state index is -0.289. The average molecular weight is 347 g/mol. The van der Waals surface area contributed by atoms with Gasteiger partial charge in [0.1, 0.15) is 24.9 Å². The van der Waals surface area contributed by atoms with Crippen molar-refractivity contribution < 1.29 is 14.3 Å². The number of carbonyl (C=O) groups is 1. The van der Waals surface area contributed by atoms with Gasteiger partial charge in [-0.3, -0.25) is 4.79 Å². The summed E-state index contributed by atoms with van der Waals surface area (Å²) in [4.78, 5) is 12.7. The molecule has 1 aliphatic rings. The van der Waals surface area contributed by atoms with E-state index in [4.69, 9.17) is 9.47 Å². The van der Waals surface area contributed by atoms with Crippen molar-refractivity contribution in [3.05, 3.63) is 64.7 Å². The van der Waals surface area contributed by atoms with Gasteiger partial charge < -0.3 is 9.47 Å². The van der Waals surface area contributed by atoms with Crippen LogP contribution in [0.1, 0.15) is 42.3 Å². The first-order valence-electron chi connectivity index (χ1n) is 8.55. The van der Waals surface area contributed by atoms with E-state index in [0.29, 0.717) is 30.3 Å². The van der Waals surface area contributed by atoms with Crippen molar-refractivity contribution >= 4 is 11.9 Å². The van der Waals surface area contributed by atoms with E-state index >= 15 is 0 Å². The molecule has 4 nitrogen and oxygen atoms in total. The van der Waals surface area contributed by atoms with Crippen LogP contribution in [0.5, 0.6) is 11.5 Å². The summed E-state index contributed by atoms with van der Waals surface area (Å²) in [5.41, 5.74) is 2.48. The van der Waals surface area contributed by atoms with Gasteiger partial charge in [-0.25, -0.2) is 0 Å². The van der Waals surface area contributed by atoms with Gasteiger partial charge in [0.25, 0.3) is 0 Å². The quantitative estimate of drug-likeness (QED) is 0.464. The number of nitriles is 1. The molecule has 0 unspecified atom stereocenters. The Bertz CT molecular complexity index is 896. The van der Waals surface area contributed by atoms with Gasteiger partial charge in [0, 0.05) is 5.56 Å². The maximum atomic E-state index is 12.7. The van der Waals surface area contributed by atoms with E-state index in [9.17, 15) is 10.1 Å². The number of fused-ring (bicyclic) bond motifs is 1. The van der Waals surface area contributed by atoms with Crippen molar-refractivity contribution in [1.29, 1.82) is 5.26 Å². The summed E-state index contributed by atoms with van der Waals surface area (Å²) in [6.45, 7) is 7.37. The second kappa shape index (κ2) is 7.05. The number of allylic oxidation sites excluding steroid dienone is 1. The van der Waals surface area contributed by atoms with Gasteiger partial charge in [0.15, 0.2) is 11.5 Å². The van der Waals surface area contributed by atoms with Crippen molar-refractivity contribution in [2.45, 2.75) is 26.2 Å². The van der Waals surface area contributed by atoms with Crippen molar-refractivity contribution in [2.24, 2.45) is 0 Å². The molecule has 132 valence electrons. The molecule has 0 N–H and O–H groups in total. The van der Waals surface area contributed by atoms with Gasteiger partial charge >= 0.3 is 0 Å². The fraction of sp³-hybridized carbons (Fsp3) is 0.273. The van der Waals surface area contributed by atoms with Crippen LogP contribution in [0.4, 0.5) is 0 Å². The summed E-state index contributed by atoms with van der Waals surface area (Å²) in [5.74, 6) is 1.02. The summed E-state index contributed by atoms with van der Waals surface area (Å²) >= 11 is 0. The highest BCUT2D eigenvalue weighted by Crippen LogP contribution is 2.31. The minimum Gasteiger partial charge on any atom is -0.486 e. The minimum absolute atomic E-state index is 0.0146. The first kappa shape index (κ1) is 17.8. The maximum absolute atomic E-state index is 12.7. The third-order valence-electron chi connectivity index (χ3n) is 4.26. The number of hydrogen-bond donors (Lipinski definition) is 0. The van der Waals surface area contributed by atoms with Crippen LogP contribution in [0.15, 0.2) is 48.0 Å². The van der Waals surface area contributed by atoms with Gasteiger partial charge in [-0.15, -0.1) is 0 Å². The zero-order chi connectivity index (χ0) is 18.7. The normalized spacial score (nSPS) is 13.8. The molecule has 0 aromatic heterocycles. The van der Waals surface area contributed by atoms with Gasteiger partial charge in [-0.1, -0.05) is 51.1 Å². The van der Waals surface area contributed by atoms with Gasteiger partial charge in [0.2, 0.25) is 5.78 Å². The fourth-order valence-electron chi connectivity index (χ4n) is 2.74. The van der Waals surface area contributed by atoms with Crippen LogP contribution in [0, 0.1) is 11.3 Å². The number of Topliss-reactive ketones (excluding diaryl/α,β-unsaturated/α-hetero) is 1. The van der Waals surface area contributed by atoms with Crippen molar-refractivity contribution in [2.75, 3.05) is 13.2 Å². The summed E-state index contributed by atoms with van der Waals surface area (Å²) in [6, 6.07) is 14.8. The number of ether oxygens (including phenoxy) is 2. The summed E-state index contributed by atoms with van der Waals surface area (Å²) in [5, 5.41) is 9.45. The Morgan fingerprint density at radius 2 is 1.69 bits per heavy atom. The first-order chi connectivity index (χ1) is 12.4. The molecule has 0 fully saturated rings. The van der Waals surface area contributed by atoms with Crippen LogP contribution in [0.25, 0.3) is 6.08 Å². The highest BCUT2D eigenvalue weighted by Gasteiger charge is 2.17. The molecule has 2 aromatic carbocycles. The predicted octanol–water partition coefficient (Wildman–Crippen LogP) is 4.55. The summed E-state index contributed by atoms with van der Waals surface area (Å²) in [6.07, 6.45) is 1.58. The largest absolute Gasteiger partial charge is 0.486 e. The average Bonchev–Trinajstić information content (AvgIpc) is 2.65. The van der Waals surface area contributed by atoms with Crippen LogP contribution >= 0.6 is 0 Å². The van der Waals surface area contributed by atoms with Crippen molar-refractivity contribution in [1.82, 2.24) is 0 Å². The second-order valence-electron chi connectivity index (χ2n) is 7.23. The Morgan fingerprint density at radius 3 is 2.31 bits per heavy atom. The molecule has 2 aromatic rings. The molecule has 0 aliphatic carbocycles. The molecular formula is C22H21NO3. The third kappa shape index (κ3) is 3.78. The standard InChI is InChI=1S/C22H21NO3/c1-22(2,3)18-7-5-16(6-8-18)21(24)17(14-23)12-15-4-9-19-20(13-15)26-11-10-25-19/h4-9,12-13H,10-11H2,1-3H3/b17-12+. The summed E-state index contributed by atoms with van der Waals surface area (Å²) < 4.78 is 11.0. The molecule has 0 spiro atoms. The van der Waals surface area contributed by atoms with Gasteiger partial charge in [-0.05, 0) is 34.8 Å². The van der Waals surface area contributed by atoms with Crippen LogP contribution in [-0.4, -0.2) is 19.0 Å². The molecule has 1 aliphatic heterocycles. The first-order valence-corrected chi connectivity index (χ1v) is 8.55. The lowest BCUT2D eigenvalue weighted by molar-refractivity contribution is 0.104. The zero-order valence-electron chi connectivity index (χ0n) is 15.2. The zero-order valence-corrected chi connectivity index (χ0v) is 15.2. The Hall–Kier alpha value is -3.06. The van der Waals surface area contributed by atoms with E-state index in [-0.39, 0.29) is 16.8 Å². The predicted molar refractivity (Wildman–Crippen MR) is 100 cm³/mol. The molecule has 0 bridgehead atoms. The maximum Gasteiger partial charge on any atom is 0.203 e. The SMILES string of the molecule is CC(C)(C)c1ccc(C(=O)/C(C#N)=C/c2ccc3c(c2)OCCO3)cc1. The highest BCUT2D eigenvalue weighted by molar-refractivity contribution is 6.14. The molecule has 0 atom stereocenters. The monoisotopic (exact) mass is 347 g/mol. The van der Waals surface area contributed by atoms with E-state index in [2.05, 4.69) is 20.8 Å². The molecule has 0 saturated carbocycles. The molecule has 0 amide bonds. The van der Waals surface area contributed by atoms with Crippen LogP contribution in [0.3, 0.4) is 0 Å². The molecule has 3 rings (SSSR count). The van der Waals surface area contributed by atoms with E-state index in [1.807, 2.05) is 18.2 Å². The van der Waals surface area contributed by atoms with E-state index in [1.54, 1.807) is 36.4 Å². The number of benzene rings is 2. The fourth-order valence-corrected chi connectivity index (χ4v) is 2.74.